The summed E-state index contributed by atoms with van der Waals surface area (Å²) in [5, 5.41) is 0. The zero-order valence-corrected chi connectivity index (χ0v) is 21.7. The van der Waals surface area contributed by atoms with Gasteiger partial charge in [0, 0.05) is 6.92 Å². The number of benzene rings is 1. The molecule has 1 heterocycles. The van der Waals surface area contributed by atoms with Crippen LogP contribution >= 0.6 is 0 Å². The van der Waals surface area contributed by atoms with Crippen molar-refractivity contribution in [1.82, 2.24) is 0 Å². The van der Waals surface area contributed by atoms with E-state index >= 15 is 0 Å². The van der Waals surface area contributed by atoms with E-state index in [0.717, 1.165) is 55.0 Å². The van der Waals surface area contributed by atoms with E-state index in [9.17, 15) is 4.79 Å². The summed E-state index contributed by atoms with van der Waals surface area (Å²) in [4.78, 5) is 15.9. The first-order valence-electron chi connectivity index (χ1n) is 12.7. The van der Waals surface area contributed by atoms with Crippen LogP contribution in [0.2, 0.25) is 0 Å². The second-order valence-electron chi connectivity index (χ2n) is 10.6. The van der Waals surface area contributed by atoms with Crippen LogP contribution in [0.5, 0.6) is 0 Å². The Balaban J connectivity index is 1.50. The van der Waals surface area contributed by atoms with Crippen LogP contribution < -0.4 is 4.98 Å². The van der Waals surface area contributed by atoms with Crippen LogP contribution in [0.3, 0.4) is 0 Å². The predicted molar refractivity (Wildman–Crippen MR) is 131 cm³/mol. The Morgan fingerprint density at radius 1 is 1.18 bits per heavy atom. The van der Waals surface area contributed by atoms with Gasteiger partial charge in [-0.3, -0.25) is 0 Å². The molecule has 0 spiro atoms. The predicted octanol–water partition coefficient (Wildman–Crippen LogP) is 5.98. The highest BCUT2D eigenvalue weighted by molar-refractivity contribution is 5.75. The molecule has 3 rings (SSSR count). The molecule has 6 heteroatoms. The molecule has 0 bridgehead atoms. The summed E-state index contributed by atoms with van der Waals surface area (Å²) in [6.07, 6.45) is 5.44. The lowest BCUT2D eigenvalue weighted by Crippen LogP contribution is -2.35. The van der Waals surface area contributed by atoms with Crippen molar-refractivity contribution in [3.63, 3.8) is 0 Å². The van der Waals surface area contributed by atoms with Crippen LogP contribution in [0.15, 0.2) is 28.7 Å². The van der Waals surface area contributed by atoms with Crippen molar-refractivity contribution in [1.29, 1.82) is 0 Å². The third-order valence-corrected chi connectivity index (χ3v) is 6.21. The fourth-order valence-corrected chi connectivity index (χ4v) is 4.34. The Morgan fingerprint density at radius 2 is 1.91 bits per heavy atom. The lowest BCUT2D eigenvalue weighted by molar-refractivity contribution is -0.387. The van der Waals surface area contributed by atoms with E-state index in [2.05, 4.69) is 43.1 Å². The first kappa shape index (κ1) is 26.4. The molecule has 2 aromatic rings. The summed E-state index contributed by atoms with van der Waals surface area (Å²) in [6, 6.07) is 8.28. The third kappa shape index (κ3) is 7.95. The summed E-state index contributed by atoms with van der Waals surface area (Å²) >= 11 is 0. The highest BCUT2D eigenvalue weighted by Crippen LogP contribution is 2.28. The molecule has 3 unspecified atom stereocenters. The molecule has 1 aliphatic rings. The van der Waals surface area contributed by atoms with Gasteiger partial charge in [0.1, 0.15) is 12.2 Å². The van der Waals surface area contributed by atoms with Gasteiger partial charge in [0.25, 0.3) is 0 Å². The van der Waals surface area contributed by atoms with Crippen molar-refractivity contribution in [2.75, 3.05) is 6.61 Å². The quantitative estimate of drug-likeness (QED) is 0.398. The summed E-state index contributed by atoms with van der Waals surface area (Å²) in [6.45, 7) is 12.8. The van der Waals surface area contributed by atoms with Crippen LogP contribution in [0.25, 0.3) is 11.5 Å². The zero-order chi connectivity index (χ0) is 24.7. The van der Waals surface area contributed by atoms with E-state index in [1.165, 1.54) is 5.56 Å². The fraction of sp³-hybridized carbons (Fsp3) is 0.643. The van der Waals surface area contributed by atoms with Gasteiger partial charge in [0.15, 0.2) is 11.9 Å². The van der Waals surface area contributed by atoms with E-state index in [0.29, 0.717) is 25.6 Å². The SMILES string of the molecule is CCCC(OCC1CCCC(OCc2[nH+]c(-c3ccc(C)cc3)oc2C)C1)C(=O)OC(C)(C)C. The summed E-state index contributed by atoms with van der Waals surface area (Å²) in [7, 11) is 0. The van der Waals surface area contributed by atoms with Gasteiger partial charge < -0.3 is 18.6 Å². The van der Waals surface area contributed by atoms with E-state index in [1.807, 2.05) is 27.7 Å². The maximum atomic E-state index is 12.5. The van der Waals surface area contributed by atoms with Gasteiger partial charge >= 0.3 is 11.9 Å². The van der Waals surface area contributed by atoms with Gasteiger partial charge in [-0.25, -0.2) is 4.79 Å². The molecule has 6 nitrogen and oxygen atoms in total. The molecule has 1 aromatic heterocycles. The van der Waals surface area contributed by atoms with E-state index in [1.54, 1.807) is 0 Å². The maximum Gasteiger partial charge on any atom is 0.379 e. The Hall–Kier alpha value is -2.18. The normalized spacial score (nSPS) is 19.7. The Bertz CT molecular complexity index is 912. The monoisotopic (exact) mass is 472 g/mol. The molecular formula is C28H42NO5+. The van der Waals surface area contributed by atoms with Crippen LogP contribution in [0.4, 0.5) is 0 Å². The first-order chi connectivity index (χ1) is 16.1. The van der Waals surface area contributed by atoms with Crippen molar-refractivity contribution >= 4 is 5.97 Å². The molecule has 1 fully saturated rings. The average molecular weight is 473 g/mol. The standard InChI is InChI=1S/C28H41NO5/c1-7-9-25(27(30)34-28(4,5)6)32-17-21-10-8-11-23(16-21)31-18-24-20(3)33-26(29-24)22-14-12-19(2)13-15-22/h12-15,21,23,25H,7-11,16-18H2,1-6H3/p+1. The number of carbonyl (C=O) groups is 1. The minimum atomic E-state index is -0.502. The molecule has 0 radical (unpaired) electrons. The van der Waals surface area contributed by atoms with Crippen LogP contribution in [-0.2, 0) is 25.6 Å². The number of hydrogen-bond donors (Lipinski definition) is 0. The van der Waals surface area contributed by atoms with Gasteiger partial charge in [0.2, 0.25) is 5.69 Å². The smallest absolute Gasteiger partial charge is 0.379 e. The molecule has 1 N–H and O–H groups in total. The van der Waals surface area contributed by atoms with Crippen LogP contribution in [0, 0.1) is 19.8 Å². The third-order valence-electron chi connectivity index (χ3n) is 6.21. The van der Waals surface area contributed by atoms with Crippen molar-refractivity contribution in [3.05, 3.63) is 41.3 Å². The number of hydrogen-bond acceptors (Lipinski definition) is 5. The average Bonchev–Trinajstić information content (AvgIpc) is 3.15. The summed E-state index contributed by atoms with van der Waals surface area (Å²) < 4.78 is 23.8. The van der Waals surface area contributed by atoms with Crippen molar-refractivity contribution < 1.29 is 28.4 Å². The van der Waals surface area contributed by atoms with Crippen LogP contribution in [0.1, 0.15) is 83.2 Å². The molecule has 1 aliphatic carbocycles. The number of aromatic nitrogens is 1. The number of rotatable bonds is 10. The van der Waals surface area contributed by atoms with Crippen molar-refractivity contribution in [3.8, 4) is 11.5 Å². The number of carbonyl (C=O) groups excluding carboxylic acids is 1. The Morgan fingerprint density at radius 3 is 2.59 bits per heavy atom. The molecule has 0 amide bonds. The van der Waals surface area contributed by atoms with Gasteiger partial charge in [-0.05, 0) is 71.4 Å². The molecule has 34 heavy (non-hydrogen) atoms. The number of nitrogens with one attached hydrogen (secondary N) is 1. The Kier molecular flexibility index (Phi) is 9.31. The lowest BCUT2D eigenvalue weighted by Gasteiger charge is -2.30. The minimum Gasteiger partial charge on any atom is -0.458 e. The molecule has 0 aliphatic heterocycles. The number of H-pyrrole nitrogens is 1. The fourth-order valence-electron chi connectivity index (χ4n) is 4.34. The van der Waals surface area contributed by atoms with Gasteiger partial charge in [-0.1, -0.05) is 37.5 Å². The van der Waals surface area contributed by atoms with Crippen molar-refractivity contribution in [2.24, 2.45) is 5.92 Å². The molecule has 1 aromatic carbocycles. The highest BCUT2D eigenvalue weighted by atomic mass is 16.6. The molecule has 3 atom stereocenters. The number of aromatic amines is 1. The summed E-state index contributed by atoms with van der Waals surface area (Å²) in [5.74, 6) is 1.74. The first-order valence-corrected chi connectivity index (χ1v) is 12.7. The summed E-state index contributed by atoms with van der Waals surface area (Å²) in [5.41, 5.74) is 2.72. The second-order valence-corrected chi connectivity index (χ2v) is 10.6. The second kappa shape index (κ2) is 12.0. The maximum absolute atomic E-state index is 12.5. The molecule has 1 saturated carbocycles. The van der Waals surface area contributed by atoms with E-state index in [-0.39, 0.29) is 12.1 Å². The molecule has 0 saturated heterocycles. The van der Waals surface area contributed by atoms with Crippen molar-refractivity contribution in [2.45, 2.75) is 104 Å². The number of aryl methyl sites for hydroxylation is 2. The largest absolute Gasteiger partial charge is 0.458 e. The van der Waals surface area contributed by atoms with Gasteiger partial charge in [0.05, 0.1) is 18.3 Å². The zero-order valence-electron chi connectivity index (χ0n) is 21.7. The van der Waals surface area contributed by atoms with Gasteiger partial charge in [-0.15, -0.1) is 0 Å². The number of ether oxygens (including phenoxy) is 3. The lowest BCUT2D eigenvalue weighted by atomic mass is 9.87. The topological polar surface area (TPSA) is 72.0 Å². The number of esters is 1. The molecular weight excluding hydrogens is 430 g/mol. The minimum absolute atomic E-state index is 0.180. The Labute approximate surface area is 204 Å². The van der Waals surface area contributed by atoms with E-state index < -0.39 is 11.7 Å². The van der Waals surface area contributed by atoms with Gasteiger partial charge in [-0.2, -0.15) is 4.98 Å². The highest BCUT2D eigenvalue weighted by Gasteiger charge is 2.29. The number of oxazole rings is 1. The van der Waals surface area contributed by atoms with E-state index in [4.69, 9.17) is 18.6 Å². The molecule has 188 valence electrons. The van der Waals surface area contributed by atoms with Crippen LogP contribution in [-0.4, -0.2) is 30.4 Å².